The number of aromatic nitrogens is 2. The standard InChI is InChI=1S/C22H24F2N4O2/c1-22(23,24)17-6-7-20-26-19(14-28(20)12-17)21(30)25-10-18(29)13-27-9-8-15-4-2-3-5-16(15)11-27/h2-7,12,14,18,29H,8-11,13H2,1H3,(H,25,30)/t18-/m0/s1. The molecule has 0 saturated heterocycles. The summed E-state index contributed by atoms with van der Waals surface area (Å²) in [6, 6.07) is 11.0. The van der Waals surface area contributed by atoms with Crippen molar-refractivity contribution in [1.29, 1.82) is 0 Å². The number of benzene rings is 1. The van der Waals surface area contributed by atoms with Crippen molar-refractivity contribution < 1.29 is 18.7 Å². The van der Waals surface area contributed by atoms with Gasteiger partial charge in [-0.3, -0.25) is 9.69 Å². The summed E-state index contributed by atoms with van der Waals surface area (Å²) in [4.78, 5) is 18.7. The number of halogens is 2. The molecule has 0 radical (unpaired) electrons. The number of amides is 1. The number of hydrogen-bond acceptors (Lipinski definition) is 4. The van der Waals surface area contributed by atoms with Crippen LogP contribution in [0.3, 0.4) is 0 Å². The maximum Gasteiger partial charge on any atom is 0.271 e. The first kappa shape index (κ1) is 20.4. The third-order valence-electron chi connectivity index (χ3n) is 5.37. The average molecular weight is 414 g/mol. The van der Waals surface area contributed by atoms with Crippen molar-refractivity contribution in [2.24, 2.45) is 0 Å². The predicted molar refractivity (Wildman–Crippen MR) is 109 cm³/mol. The Morgan fingerprint density at radius 1 is 1.23 bits per heavy atom. The van der Waals surface area contributed by atoms with Crippen molar-refractivity contribution in [2.75, 3.05) is 19.6 Å². The molecule has 1 aliphatic heterocycles. The molecule has 1 amide bonds. The molecule has 1 atom stereocenters. The number of nitrogens with one attached hydrogen (secondary N) is 1. The summed E-state index contributed by atoms with van der Waals surface area (Å²) in [7, 11) is 0. The van der Waals surface area contributed by atoms with Gasteiger partial charge in [-0.05, 0) is 29.7 Å². The molecule has 4 rings (SSSR count). The molecule has 0 bridgehead atoms. The van der Waals surface area contributed by atoms with Crippen LogP contribution in [-0.2, 0) is 18.9 Å². The zero-order valence-corrected chi connectivity index (χ0v) is 16.7. The summed E-state index contributed by atoms with van der Waals surface area (Å²) in [5, 5.41) is 13.0. The summed E-state index contributed by atoms with van der Waals surface area (Å²) >= 11 is 0. The van der Waals surface area contributed by atoms with E-state index in [1.165, 1.54) is 40.1 Å². The fraction of sp³-hybridized carbons (Fsp3) is 0.364. The maximum atomic E-state index is 13.5. The molecule has 0 unspecified atom stereocenters. The van der Waals surface area contributed by atoms with Crippen LogP contribution >= 0.6 is 0 Å². The predicted octanol–water partition coefficient (Wildman–Crippen LogP) is 2.60. The minimum absolute atomic E-state index is 0.0864. The first-order chi connectivity index (χ1) is 14.3. The highest BCUT2D eigenvalue weighted by Crippen LogP contribution is 2.27. The van der Waals surface area contributed by atoms with Crippen molar-refractivity contribution in [1.82, 2.24) is 19.6 Å². The number of aliphatic hydroxyl groups is 1. The van der Waals surface area contributed by atoms with Gasteiger partial charge in [0.2, 0.25) is 0 Å². The summed E-state index contributed by atoms with van der Waals surface area (Å²) < 4.78 is 28.4. The van der Waals surface area contributed by atoms with Crippen molar-refractivity contribution in [3.63, 3.8) is 0 Å². The number of nitrogens with zero attached hydrogens (tertiary/aromatic N) is 3. The third-order valence-corrected chi connectivity index (χ3v) is 5.37. The number of carbonyl (C=O) groups excluding carboxylic acids is 1. The molecule has 6 nitrogen and oxygen atoms in total. The van der Waals surface area contributed by atoms with Crippen LogP contribution in [0.2, 0.25) is 0 Å². The Bertz CT molecular complexity index is 1060. The molecule has 3 heterocycles. The molecule has 2 aromatic heterocycles. The Morgan fingerprint density at radius 3 is 2.77 bits per heavy atom. The number of pyridine rings is 1. The van der Waals surface area contributed by atoms with Crippen molar-refractivity contribution in [3.8, 4) is 0 Å². The number of imidazole rings is 1. The first-order valence-electron chi connectivity index (χ1n) is 9.92. The smallest absolute Gasteiger partial charge is 0.271 e. The molecule has 0 saturated carbocycles. The van der Waals surface area contributed by atoms with Crippen LogP contribution in [0.5, 0.6) is 0 Å². The monoisotopic (exact) mass is 414 g/mol. The molecule has 1 aliphatic rings. The second-order valence-electron chi connectivity index (χ2n) is 7.82. The quantitative estimate of drug-likeness (QED) is 0.651. The second-order valence-corrected chi connectivity index (χ2v) is 7.82. The third kappa shape index (κ3) is 4.49. The minimum atomic E-state index is -2.97. The van der Waals surface area contributed by atoms with Gasteiger partial charge in [-0.25, -0.2) is 13.8 Å². The molecule has 0 aliphatic carbocycles. The van der Waals surface area contributed by atoms with Gasteiger partial charge in [0.1, 0.15) is 11.3 Å². The zero-order valence-electron chi connectivity index (χ0n) is 16.7. The molecule has 2 N–H and O–H groups in total. The largest absolute Gasteiger partial charge is 0.390 e. The summed E-state index contributed by atoms with van der Waals surface area (Å²) in [5.74, 6) is -3.42. The van der Waals surface area contributed by atoms with Crippen LogP contribution in [0.25, 0.3) is 5.65 Å². The SMILES string of the molecule is CC(F)(F)c1ccc2nc(C(=O)NC[C@H](O)CN3CCc4ccccc4C3)cn2c1. The maximum absolute atomic E-state index is 13.5. The fourth-order valence-electron chi connectivity index (χ4n) is 3.73. The van der Waals surface area contributed by atoms with Crippen LogP contribution in [0.4, 0.5) is 8.78 Å². The van der Waals surface area contributed by atoms with Crippen molar-refractivity contribution in [3.05, 3.63) is 71.2 Å². The Labute approximate surface area is 173 Å². The molecule has 0 fully saturated rings. The lowest BCUT2D eigenvalue weighted by atomic mass is 10.00. The summed E-state index contributed by atoms with van der Waals surface area (Å²) in [6.45, 7) is 3.00. The lowest BCUT2D eigenvalue weighted by Crippen LogP contribution is -2.42. The van der Waals surface area contributed by atoms with Gasteiger partial charge in [-0.2, -0.15) is 0 Å². The van der Waals surface area contributed by atoms with Crippen molar-refractivity contribution in [2.45, 2.75) is 31.9 Å². The Morgan fingerprint density at radius 2 is 2.00 bits per heavy atom. The van der Waals surface area contributed by atoms with E-state index in [1.54, 1.807) is 0 Å². The lowest BCUT2D eigenvalue weighted by Gasteiger charge is -2.30. The molecule has 30 heavy (non-hydrogen) atoms. The highest BCUT2D eigenvalue weighted by atomic mass is 19.3. The number of β-amino-alcohol motifs (C(OH)–C–C–N with tert-alkyl or cyclic N) is 1. The van der Waals surface area contributed by atoms with E-state index in [1.807, 2.05) is 12.1 Å². The topological polar surface area (TPSA) is 69.9 Å². The van der Waals surface area contributed by atoms with Crippen LogP contribution in [0.15, 0.2) is 48.8 Å². The van der Waals surface area contributed by atoms with Gasteiger partial charge in [-0.15, -0.1) is 0 Å². The van der Waals surface area contributed by atoms with Crippen LogP contribution < -0.4 is 5.32 Å². The number of carbonyl (C=O) groups is 1. The Hall–Kier alpha value is -2.84. The molecule has 8 heteroatoms. The lowest BCUT2D eigenvalue weighted by molar-refractivity contribution is 0.0170. The molecular weight excluding hydrogens is 390 g/mol. The highest BCUT2D eigenvalue weighted by molar-refractivity contribution is 5.92. The van der Waals surface area contributed by atoms with Crippen LogP contribution in [0.1, 0.15) is 34.1 Å². The summed E-state index contributed by atoms with van der Waals surface area (Å²) in [6.07, 6.45) is 2.90. The Balaban J connectivity index is 1.33. The number of hydrogen-bond donors (Lipinski definition) is 2. The van der Waals surface area contributed by atoms with E-state index in [0.29, 0.717) is 12.2 Å². The van der Waals surface area contributed by atoms with Gasteiger partial charge < -0.3 is 14.8 Å². The van der Waals surface area contributed by atoms with Crippen LogP contribution in [0, 0.1) is 0 Å². The molecule has 3 aromatic rings. The van der Waals surface area contributed by atoms with E-state index in [9.17, 15) is 18.7 Å². The fourth-order valence-corrected chi connectivity index (χ4v) is 3.73. The number of rotatable bonds is 6. The second kappa shape index (κ2) is 8.12. The van der Waals surface area contributed by atoms with E-state index in [4.69, 9.17) is 0 Å². The van der Waals surface area contributed by atoms with E-state index < -0.39 is 17.9 Å². The molecule has 0 spiro atoms. The van der Waals surface area contributed by atoms with Gasteiger partial charge in [0, 0.05) is 51.1 Å². The minimum Gasteiger partial charge on any atom is -0.390 e. The van der Waals surface area contributed by atoms with Crippen LogP contribution in [-0.4, -0.2) is 51.0 Å². The van der Waals surface area contributed by atoms with Gasteiger partial charge in [-0.1, -0.05) is 24.3 Å². The molecular formula is C22H24F2N4O2. The first-order valence-corrected chi connectivity index (χ1v) is 9.92. The number of fused-ring (bicyclic) bond motifs is 2. The molecule has 158 valence electrons. The Kier molecular flexibility index (Phi) is 5.53. The normalized spacial score (nSPS) is 15.7. The van der Waals surface area contributed by atoms with Gasteiger partial charge in [0.25, 0.3) is 11.8 Å². The van der Waals surface area contributed by atoms with Gasteiger partial charge in [0.15, 0.2) is 0 Å². The van der Waals surface area contributed by atoms with E-state index in [-0.39, 0.29) is 17.8 Å². The number of alkyl halides is 2. The van der Waals surface area contributed by atoms with Gasteiger partial charge >= 0.3 is 0 Å². The summed E-state index contributed by atoms with van der Waals surface area (Å²) in [5.41, 5.74) is 2.97. The molecule has 1 aromatic carbocycles. The van der Waals surface area contributed by atoms with E-state index in [0.717, 1.165) is 26.4 Å². The highest BCUT2D eigenvalue weighted by Gasteiger charge is 2.25. The van der Waals surface area contributed by atoms with Crippen molar-refractivity contribution >= 4 is 11.6 Å². The van der Waals surface area contributed by atoms with E-state index >= 15 is 0 Å². The zero-order chi connectivity index (χ0) is 21.3. The van der Waals surface area contributed by atoms with E-state index in [2.05, 4.69) is 27.3 Å². The number of aliphatic hydroxyl groups excluding tert-OH is 1. The average Bonchev–Trinajstić information content (AvgIpc) is 3.15. The van der Waals surface area contributed by atoms with Gasteiger partial charge in [0.05, 0.1) is 6.10 Å².